The molecule has 1 rings (SSSR count). The van der Waals surface area contributed by atoms with Crippen molar-refractivity contribution >= 4 is 5.91 Å². The van der Waals surface area contributed by atoms with Crippen molar-refractivity contribution in [3.8, 4) is 0 Å². The van der Waals surface area contributed by atoms with Gasteiger partial charge in [-0.3, -0.25) is 4.79 Å². The summed E-state index contributed by atoms with van der Waals surface area (Å²) >= 11 is 0. The van der Waals surface area contributed by atoms with Crippen LogP contribution in [-0.4, -0.2) is 23.4 Å². The van der Waals surface area contributed by atoms with Crippen LogP contribution in [0.5, 0.6) is 0 Å². The topological polar surface area (TPSA) is 46.3 Å². The first kappa shape index (κ1) is 13.6. The molecule has 17 heavy (non-hydrogen) atoms. The Balaban J connectivity index is 2.89. The van der Waals surface area contributed by atoms with Gasteiger partial charge in [-0.25, -0.2) is 4.39 Å². The SMILES string of the molecule is CCN(C(=O)[C@H](C)N)C(C)c1ccc(F)cc1. The van der Waals surface area contributed by atoms with Crippen LogP contribution >= 0.6 is 0 Å². The lowest BCUT2D eigenvalue weighted by Crippen LogP contribution is -2.43. The molecule has 0 heterocycles. The van der Waals surface area contributed by atoms with Gasteiger partial charge in [0.05, 0.1) is 12.1 Å². The van der Waals surface area contributed by atoms with Crippen LogP contribution in [0.3, 0.4) is 0 Å². The summed E-state index contributed by atoms with van der Waals surface area (Å²) in [6.45, 7) is 6.07. The molecule has 0 aromatic heterocycles. The fraction of sp³-hybridized carbons (Fsp3) is 0.462. The smallest absolute Gasteiger partial charge is 0.239 e. The van der Waals surface area contributed by atoms with E-state index >= 15 is 0 Å². The number of hydrogen-bond acceptors (Lipinski definition) is 2. The van der Waals surface area contributed by atoms with Gasteiger partial charge in [0.15, 0.2) is 0 Å². The average molecular weight is 238 g/mol. The summed E-state index contributed by atoms with van der Waals surface area (Å²) in [5, 5.41) is 0. The van der Waals surface area contributed by atoms with E-state index in [1.807, 2.05) is 13.8 Å². The second-order valence-corrected chi connectivity index (χ2v) is 4.14. The highest BCUT2D eigenvalue weighted by Crippen LogP contribution is 2.20. The summed E-state index contributed by atoms with van der Waals surface area (Å²) in [7, 11) is 0. The summed E-state index contributed by atoms with van der Waals surface area (Å²) in [4.78, 5) is 13.6. The molecule has 1 aromatic carbocycles. The Bertz CT molecular complexity index is 376. The van der Waals surface area contributed by atoms with Crippen molar-refractivity contribution in [1.82, 2.24) is 4.90 Å². The molecule has 3 nitrogen and oxygen atoms in total. The highest BCUT2D eigenvalue weighted by atomic mass is 19.1. The third-order valence-corrected chi connectivity index (χ3v) is 2.83. The summed E-state index contributed by atoms with van der Waals surface area (Å²) in [6.07, 6.45) is 0. The van der Waals surface area contributed by atoms with Crippen molar-refractivity contribution in [2.75, 3.05) is 6.54 Å². The monoisotopic (exact) mass is 238 g/mol. The van der Waals surface area contributed by atoms with Gasteiger partial charge in [-0.1, -0.05) is 12.1 Å². The van der Waals surface area contributed by atoms with Crippen molar-refractivity contribution in [1.29, 1.82) is 0 Å². The van der Waals surface area contributed by atoms with Crippen LogP contribution in [-0.2, 0) is 4.79 Å². The maximum absolute atomic E-state index is 12.8. The second kappa shape index (κ2) is 5.77. The van der Waals surface area contributed by atoms with Crippen LogP contribution in [0, 0.1) is 5.82 Å². The zero-order valence-electron chi connectivity index (χ0n) is 10.5. The molecule has 4 heteroatoms. The Hall–Kier alpha value is -1.42. The molecule has 1 unspecified atom stereocenters. The van der Waals surface area contributed by atoms with Gasteiger partial charge in [0, 0.05) is 6.54 Å². The lowest BCUT2D eigenvalue weighted by molar-refractivity contribution is -0.134. The van der Waals surface area contributed by atoms with Crippen LogP contribution in [0.25, 0.3) is 0 Å². The Morgan fingerprint density at radius 1 is 1.35 bits per heavy atom. The molecule has 0 aliphatic carbocycles. The van der Waals surface area contributed by atoms with Crippen molar-refractivity contribution < 1.29 is 9.18 Å². The Morgan fingerprint density at radius 3 is 2.29 bits per heavy atom. The average Bonchev–Trinajstić information content (AvgIpc) is 2.30. The Morgan fingerprint density at radius 2 is 1.88 bits per heavy atom. The molecule has 0 saturated carbocycles. The molecule has 2 atom stereocenters. The fourth-order valence-corrected chi connectivity index (χ4v) is 1.80. The number of amides is 1. The number of likely N-dealkylation sites (N-methyl/N-ethyl adjacent to an activating group) is 1. The van der Waals surface area contributed by atoms with Crippen molar-refractivity contribution in [3.05, 3.63) is 35.6 Å². The predicted molar refractivity (Wildman–Crippen MR) is 65.9 cm³/mol. The molecular formula is C13H19FN2O. The van der Waals surface area contributed by atoms with Crippen molar-refractivity contribution in [3.63, 3.8) is 0 Å². The molecule has 0 spiro atoms. The quantitative estimate of drug-likeness (QED) is 0.873. The molecule has 0 radical (unpaired) electrons. The first-order valence-electron chi connectivity index (χ1n) is 5.78. The number of halogens is 1. The number of carbonyl (C=O) groups is 1. The molecule has 0 fully saturated rings. The second-order valence-electron chi connectivity index (χ2n) is 4.14. The Labute approximate surface area is 101 Å². The highest BCUT2D eigenvalue weighted by molar-refractivity contribution is 5.81. The van der Waals surface area contributed by atoms with Gasteiger partial charge in [-0.15, -0.1) is 0 Å². The number of nitrogens with two attached hydrogens (primary N) is 1. The van der Waals surface area contributed by atoms with Gasteiger partial charge in [-0.05, 0) is 38.5 Å². The largest absolute Gasteiger partial charge is 0.335 e. The zero-order chi connectivity index (χ0) is 13.0. The lowest BCUT2D eigenvalue weighted by Gasteiger charge is -2.29. The van der Waals surface area contributed by atoms with Gasteiger partial charge in [-0.2, -0.15) is 0 Å². The molecule has 2 N–H and O–H groups in total. The normalized spacial score (nSPS) is 14.2. The third-order valence-electron chi connectivity index (χ3n) is 2.83. The van der Waals surface area contributed by atoms with E-state index in [0.717, 1.165) is 5.56 Å². The van der Waals surface area contributed by atoms with Gasteiger partial charge in [0.2, 0.25) is 5.91 Å². The van der Waals surface area contributed by atoms with E-state index in [0.29, 0.717) is 6.54 Å². The molecule has 0 saturated heterocycles. The van der Waals surface area contributed by atoms with E-state index in [1.54, 1.807) is 24.0 Å². The summed E-state index contributed by atoms with van der Waals surface area (Å²) < 4.78 is 12.8. The summed E-state index contributed by atoms with van der Waals surface area (Å²) in [6, 6.07) is 5.57. The minimum Gasteiger partial charge on any atom is -0.335 e. The van der Waals surface area contributed by atoms with E-state index in [-0.39, 0.29) is 17.8 Å². The van der Waals surface area contributed by atoms with Crippen molar-refractivity contribution in [2.45, 2.75) is 32.9 Å². The number of hydrogen-bond donors (Lipinski definition) is 1. The van der Waals surface area contributed by atoms with E-state index in [4.69, 9.17) is 5.73 Å². The molecule has 94 valence electrons. The zero-order valence-corrected chi connectivity index (χ0v) is 10.5. The van der Waals surface area contributed by atoms with Crippen LogP contribution in [0.1, 0.15) is 32.4 Å². The van der Waals surface area contributed by atoms with Crippen molar-refractivity contribution in [2.24, 2.45) is 5.73 Å². The molecule has 1 aromatic rings. The summed E-state index contributed by atoms with van der Waals surface area (Å²) in [5.74, 6) is -0.369. The van der Waals surface area contributed by atoms with E-state index < -0.39 is 6.04 Å². The highest BCUT2D eigenvalue weighted by Gasteiger charge is 2.22. The van der Waals surface area contributed by atoms with Gasteiger partial charge >= 0.3 is 0 Å². The maximum atomic E-state index is 12.8. The van der Waals surface area contributed by atoms with Crippen LogP contribution in [0.2, 0.25) is 0 Å². The first-order chi connectivity index (χ1) is 7.97. The fourth-order valence-electron chi connectivity index (χ4n) is 1.80. The number of carbonyl (C=O) groups excluding carboxylic acids is 1. The molecule has 0 aliphatic rings. The first-order valence-corrected chi connectivity index (χ1v) is 5.78. The number of benzene rings is 1. The standard InChI is InChI=1S/C13H19FN2O/c1-4-16(13(17)9(2)15)10(3)11-5-7-12(14)8-6-11/h5-10H,4,15H2,1-3H3/t9-,10?/m0/s1. The maximum Gasteiger partial charge on any atom is 0.239 e. The lowest BCUT2D eigenvalue weighted by atomic mass is 10.1. The van der Waals surface area contributed by atoms with Gasteiger partial charge in [0.1, 0.15) is 5.82 Å². The van der Waals surface area contributed by atoms with Gasteiger partial charge < -0.3 is 10.6 Å². The van der Waals surface area contributed by atoms with Crippen LogP contribution in [0.4, 0.5) is 4.39 Å². The molecule has 0 bridgehead atoms. The van der Waals surface area contributed by atoms with E-state index in [1.165, 1.54) is 12.1 Å². The predicted octanol–water partition coefficient (Wildman–Crippen LogP) is 2.08. The summed E-state index contributed by atoms with van der Waals surface area (Å²) in [5.41, 5.74) is 6.51. The minimum atomic E-state index is -0.516. The molecule has 1 amide bonds. The molecule has 0 aliphatic heterocycles. The van der Waals surface area contributed by atoms with Crippen LogP contribution < -0.4 is 5.73 Å². The van der Waals surface area contributed by atoms with E-state index in [9.17, 15) is 9.18 Å². The Kier molecular flexibility index (Phi) is 4.63. The van der Waals surface area contributed by atoms with Crippen LogP contribution in [0.15, 0.2) is 24.3 Å². The number of nitrogens with zero attached hydrogens (tertiary/aromatic N) is 1. The third kappa shape index (κ3) is 3.27. The minimum absolute atomic E-state index is 0.0932. The van der Waals surface area contributed by atoms with E-state index in [2.05, 4.69) is 0 Å². The van der Waals surface area contributed by atoms with Gasteiger partial charge in [0.25, 0.3) is 0 Å². The molecular weight excluding hydrogens is 219 g/mol. The number of rotatable bonds is 4.